The lowest BCUT2D eigenvalue weighted by molar-refractivity contribution is -0.0605. The summed E-state index contributed by atoms with van der Waals surface area (Å²) in [7, 11) is 0. The number of amides is 1. The first kappa shape index (κ1) is 16.2. The molecular formula is C19H20N6O2. The number of H-pyrrole nitrogens is 1. The highest BCUT2D eigenvalue weighted by Gasteiger charge is 2.38. The van der Waals surface area contributed by atoms with E-state index in [1.54, 1.807) is 6.20 Å². The maximum atomic E-state index is 13.1. The lowest BCUT2D eigenvalue weighted by atomic mass is 10.00. The molecule has 5 rings (SSSR count). The van der Waals surface area contributed by atoms with Gasteiger partial charge in [0.05, 0.1) is 30.6 Å². The van der Waals surface area contributed by atoms with E-state index in [1.807, 2.05) is 46.8 Å². The second-order valence-electron chi connectivity index (χ2n) is 7.05. The van der Waals surface area contributed by atoms with Crippen LogP contribution in [0.15, 0.2) is 36.5 Å². The van der Waals surface area contributed by atoms with Gasteiger partial charge in [-0.1, -0.05) is 35.5 Å². The highest BCUT2D eigenvalue weighted by Crippen LogP contribution is 2.31. The van der Waals surface area contributed by atoms with Gasteiger partial charge in [0, 0.05) is 24.3 Å². The van der Waals surface area contributed by atoms with E-state index in [4.69, 9.17) is 4.74 Å². The second-order valence-corrected chi connectivity index (χ2v) is 7.05. The van der Waals surface area contributed by atoms with Gasteiger partial charge in [-0.25, -0.2) is 9.67 Å². The molecule has 8 heteroatoms. The fourth-order valence-corrected chi connectivity index (χ4v) is 3.91. The lowest BCUT2D eigenvalue weighted by Crippen LogP contribution is -2.50. The topological polar surface area (TPSA) is 88.9 Å². The number of rotatable bonds is 2. The van der Waals surface area contributed by atoms with Gasteiger partial charge in [0.1, 0.15) is 11.5 Å². The summed E-state index contributed by atoms with van der Waals surface area (Å²) >= 11 is 0. The smallest absolute Gasteiger partial charge is 0.274 e. The van der Waals surface area contributed by atoms with E-state index in [0.29, 0.717) is 31.2 Å². The summed E-state index contributed by atoms with van der Waals surface area (Å²) in [5.74, 6) is 0.655. The maximum Gasteiger partial charge on any atom is 0.274 e. The Hall–Kier alpha value is -3.00. The average molecular weight is 364 g/mol. The molecule has 1 saturated heterocycles. The minimum Gasteiger partial charge on any atom is -0.370 e. The van der Waals surface area contributed by atoms with Crippen LogP contribution in [0, 0.1) is 6.92 Å². The zero-order valence-electron chi connectivity index (χ0n) is 15.0. The van der Waals surface area contributed by atoms with E-state index in [2.05, 4.69) is 20.3 Å². The molecule has 4 heterocycles. The highest BCUT2D eigenvalue weighted by molar-refractivity contribution is 5.94. The first-order chi connectivity index (χ1) is 13.2. The molecule has 1 N–H and O–H groups in total. The minimum absolute atomic E-state index is 0.00166. The van der Waals surface area contributed by atoms with Gasteiger partial charge in [0.2, 0.25) is 0 Å². The zero-order chi connectivity index (χ0) is 18.4. The maximum absolute atomic E-state index is 13.1. The molecule has 0 spiro atoms. The third kappa shape index (κ3) is 2.73. The Labute approximate surface area is 156 Å². The Morgan fingerprint density at radius 2 is 2.15 bits per heavy atom. The molecule has 2 aliphatic heterocycles. The van der Waals surface area contributed by atoms with Crippen LogP contribution in [0.4, 0.5) is 0 Å². The molecule has 0 unspecified atom stereocenters. The van der Waals surface area contributed by atoms with Crippen molar-refractivity contribution in [3.05, 3.63) is 53.6 Å². The normalized spacial score (nSPS) is 21.6. The van der Waals surface area contributed by atoms with Crippen molar-refractivity contribution in [2.45, 2.75) is 32.1 Å². The molecular weight excluding hydrogens is 344 g/mol. The molecule has 0 saturated carbocycles. The van der Waals surface area contributed by atoms with Gasteiger partial charge in [-0.3, -0.25) is 4.79 Å². The van der Waals surface area contributed by atoms with Crippen molar-refractivity contribution in [3.63, 3.8) is 0 Å². The van der Waals surface area contributed by atoms with E-state index in [0.717, 1.165) is 23.4 Å². The molecule has 2 aliphatic rings. The van der Waals surface area contributed by atoms with Crippen LogP contribution < -0.4 is 0 Å². The van der Waals surface area contributed by atoms with Crippen molar-refractivity contribution in [1.29, 1.82) is 0 Å². The third-order valence-electron chi connectivity index (χ3n) is 5.35. The lowest BCUT2D eigenvalue weighted by Gasteiger charge is -2.40. The van der Waals surface area contributed by atoms with Crippen molar-refractivity contribution >= 4 is 5.91 Å². The highest BCUT2D eigenvalue weighted by atomic mass is 16.5. The number of imidazole rings is 1. The van der Waals surface area contributed by atoms with Gasteiger partial charge in [-0.15, -0.1) is 5.10 Å². The van der Waals surface area contributed by atoms with E-state index in [9.17, 15) is 4.79 Å². The summed E-state index contributed by atoms with van der Waals surface area (Å²) < 4.78 is 7.83. The summed E-state index contributed by atoms with van der Waals surface area (Å²) in [5.41, 5.74) is 3.17. The number of ether oxygens (including phenoxy) is 1. The number of hydrogen-bond donors (Lipinski definition) is 1. The van der Waals surface area contributed by atoms with Crippen molar-refractivity contribution in [2.75, 3.05) is 13.1 Å². The fourth-order valence-electron chi connectivity index (χ4n) is 3.91. The molecule has 1 aromatic carbocycles. The number of aryl methyl sites for hydroxylation is 1. The van der Waals surface area contributed by atoms with Crippen LogP contribution in [0.1, 0.15) is 34.3 Å². The molecule has 0 bridgehead atoms. The number of aromatic nitrogens is 5. The van der Waals surface area contributed by atoms with Crippen molar-refractivity contribution < 1.29 is 9.53 Å². The van der Waals surface area contributed by atoms with Gasteiger partial charge in [0.15, 0.2) is 0 Å². The Balaban J connectivity index is 1.40. The van der Waals surface area contributed by atoms with Crippen LogP contribution in [0.3, 0.4) is 0 Å². The molecule has 2 atom stereocenters. The van der Waals surface area contributed by atoms with Crippen LogP contribution in [0.2, 0.25) is 0 Å². The minimum atomic E-state index is -0.0587. The SMILES string of the molecule is Cc1[nH]c(-c2ccccc2)nc1C(=O)N1CC[C@@H]2OCc3cnnn3[C@H]2C1. The van der Waals surface area contributed by atoms with E-state index >= 15 is 0 Å². The van der Waals surface area contributed by atoms with Crippen LogP contribution in [-0.2, 0) is 11.3 Å². The Morgan fingerprint density at radius 3 is 3.00 bits per heavy atom. The van der Waals surface area contributed by atoms with Gasteiger partial charge in [0.25, 0.3) is 5.91 Å². The predicted molar refractivity (Wildman–Crippen MR) is 96.9 cm³/mol. The van der Waals surface area contributed by atoms with Gasteiger partial charge in [-0.2, -0.15) is 0 Å². The number of nitrogens with one attached hydrogen (secondary N) is 1. The number of carbonyl (C=O) groups is 1. The zero-order valence-corrected chi connectivity index (χ0v) is 15.0. The number of fused-ring (bicyclic) bond motifs is 3. The van der Waals surface area contributed by atoms with Crippen LogP contribution in [0.5, 0.6) is 0 Å². The van der Waals surface area contributed by atoms with E-state index in [-0.39, 0.29) is 18.1 Å². The van der Waals surface area contributed by atoms with E-state index < -0.39 is 0 Å². The molecule has 27 heavy (non-hydrogen) atoms. The number of aromatic amines is 1. The number of likely N-dealkylation sites (tertiary alicyclic amines) is 1. The monoisotopic (exact) mass is 364 g/mol. The quantitative estimate of drug-likeness (QED) is 0.751. The Kier molecular flexibility index (Phi) is 3.78. The van der Waals surface area contributed by atoms with E-state index in [1.165, 1.54) is 0 Å². The summed E-state index contributed by atoms with van der Waals surface area (Å²) in [6.45, 7) is 3.61. The molecule has 8 nitrogen and oxygen atoms in total. The standard InChI is InChI=1S/C19H20N6O2/c1-12-17(22-18(21-12)13-5-3-2-4-6-13)19(26)24-8-7-16-15(10-24)25-14(11-27-16)9-20-23-25/h2-6,9,15-16H,7-8,10-11H2,1H3,(H,21,22)/t15-,16-/m0/s1. The number of benzene rings is 1. The summed E-state index contributed by atoms with van der Waals surface area (Å²) in [4.78, 5) is 22.8. The molecule has 1 amide bonds. The van der Waals surface area contributed by atoms with Crippen molar-refractivity contribution in [3.8, 4) is 11.4 Å². The molecule has 138 valence electrons. The predicted octanol–water partition coefficient (Wildman–Crippen LogP) is 1.96. The summed E-state index contributed by atoms with van der Waals surface area (Å²) in [5, 5.41) is 8.18. The number of piperidine rings is 1. The van der Waals surface area contributed by atoms with Crippen LogP contribution in [0.25, 0.3) is 11.4 Å². The third-order valence-corrected chi connectivity index (χ3v) is 5.35. The largest absolute Gasteiger partial charge is 0.370 e. The molecule has 0 radical (unpaired) electrons. The average Bonchev–Trinajstić information content (AvgIpc) is 3.34. The van der Waals surface area contributed by atoms with Crippen LogP contribution in [-0.4, -0.2) is 55.0 Å². The van der Waals surface area contributed by atoms with Gasteiger partial charge >= 0.3 is 0 Å². The number of nitrogens with zero attached hydrogens (tertiary/aromatic N) is 5. The molecule has 2 aromatic heterocycles. The molecule has 1 fully saturated rings. The van der Waals surface area contributed by atoms with Crippen LogP contribution >= 0.6 is 0 Å². The summed E-state index contributed by atoms with van der Waals surface area (Å²) in [6.07, 6.45) is 2.58. The first-order valence-corrected chi connectivity index (χ1v) is 9.12. The molecule has 0 aliphatic carbocycles. The second kappa shape index (κ2) is 6.31. The summed E-state index contributed by atoms with van der Waals surface area (Å²) in [6, 6.07) is 9.82. The van der Waals surface area contributed by atoms with Crippen molar-refractivity contribution in [1.82, 2.24) is 29.9 Å². The Bertz CT molecular complexity index is 979. The Morgan fingerprint density at radius 1 is 1.30 bits per heavy atom. The van der Waals surface area contributed by atoms with Crippen molar-refractivity contribution in [2.24, 2.45) is 0 Å². The number of hydrogen-bond acceptors (Lipinski definition) is 5. The van der Waals surface area contributed by atoms with Gasteiger partial charge in [-0.05, 0) is 13.3 Å². The number of carbonyl (C=O) groups excluding carboxylic acids is 1. The fraction of sp³-hybridized carbons (Fsp3) is 0.368. The van der Waals surface area contributed by atoms with Gasteiger partial charge < -0.3 is 14.6 Å². The first-order valence-electron chi connectivity index (χ1n) is 9.12. The molecule has 3 aromatic rings.